The Bertz CT molecular complexity index is 952. The third-order valence-electron chi connectivity index (χ3n) is 6.35. The predicted octanol–water partition coefficient (Wildman–Crippen LogP) is 5.08. The van der Waals surface area contributed by atoms with Crippen molar-refractivity contribution in [3.8, 4) is 0 Å². The molecule has 2 heterocycles. The Morgan fingerprint density at radius 1 is 1.24 bits per heavy atom. The van der Waals surface area contributed by atoms with E-state index in [4.69, 9.17) is 16.3 Å². The van der Waals surface area contributed by atoms with Crippen LogP contribution in [0.5, 0.6) is 0 Å². The molecule has 4 unspecified atom stereocenters. The summed E-state index contributed by atoms with van der Waals surface area (Å²) in [5.74, 6) is 0.700. The number of allylic oxidation sites excluding steroid dienone is 2. The van der Waals surface area contributed by atoms with E-state index in [1.54, 1.807) is 0 Å². The first kappa shape index (κ1) is 18.7. The number of anilines is 1. The topological polar surface area (TPSA) is 50.4 Å². The number of rotatable bonds is 4. The number of carbonyl (C=O) groups excluding carboxylic acids is 1. The SMILES string of the molecule is O=C(NCC1CCCO1)c1ccc2c(c1)C1C=CCC1C(c1cccc(Cl)c1)N2. The third kappa shape index (κ3) is 3.67. The Hall–Kier alpha value is -2.30. The smallest absolute Gasteiger partial charge is 0.251 e. The number of nitrogens with one attached hydrogen (secondary N) is 2. The second-order valence-electron chi connectivity index (χ2n) is 8.18. The van der Waals surface area contributed by atoms with Crippen molar-refractivity contribution < 1.29 is 9.53 Å². The Labute approximate surface area is 176 Å². The van der Waals surface area contributed by atoms with Crippen molar-refractivity contribution in [1.29, 1.82) is 0 Å². The molecular formula is C24H25ClN2O2. The van der Waals surface area contributed by atoms with Gasteiger partial charge in [-0.1, -0.05) is 35.9 Å². The summed E-state index contributed by atoms with van der Waals surface area (Å²) in [7, 11) is 0. The summed E-state index contributed by atoms with van der Waals surface area (Å²) in [6.07, 6.45) is 7.81. The lowest BCUT2D eigenvalue weighted by Gasteiger charge is -2.37. The van der Waals surface area contributed by atoms with Gasteiger partial charge in [0.1, 0.15) is 0 Å². The molecule has 5 heteroatoms. The van der Waals surface area contributed by atoms with Gasteiger partial charge in [-0.3, -0.25) is 4.79 Å². The van der Waals surface area contributed by atoms with Crippen molar-refractivity contribution in [2.24, 2.45) is 5.92 Å². The lowest BCUT2D eigenvalue weighted by atomic mass is 9.76. The minimum atomic E-state index is -0.0289. The van der Waals surface area contributed by atoms with Gasteiger partial charge in [0.2, 0.25) is 0 Å². The summed E-state index contributed by atoms with van der Waals surface area (Å²) >= 11 is 6.24. The quantitative estimate of drug-likeness (QED) is 0.694. The van der Waals surface area contributed by atoms with Crippen molar-refractivity contribution in [1.82, 2.24) is 5.32 Å². The van der Waals surface area contributed by atoms with Crippen LogP contribution in [0.1, 0.15) is 52.7 Å². The maximum Gasteiger partial charge on any atom is 0.251 e. The predicted molar refractivity (Wildman–Crippen MR) is 116 cm³/mol. The van der Waals surface area contributed by atoms with Crippen LogP contribution >= 0.6 is 11.6 Å². The standard InChI is InChI=1S/C24H25ClN2O2/c25-17-5-1-4-15(12-17)23-20-8-2-7-19(20)21-13-16(9-10-22(21)27-23)24(28)26-14-18-6-3-11-29-18/h1-2,4-5,7,9-10,12-13,18-20,23,27H,3,6,8,11,14H2,(H,26,28). The number of fused-ring (bicyclic) bond motifs is 3. The number of hydrogen-bond donors (Lipinski definition) is 2. The molecule has 2 aliphatic heterocycles. The van der Waals surface area contributed by atoms with E-state index < -0.39 is 0 Å². The van der Waals surface area contributed by atoms with Crippen LogP contribution in [0.3, 0.4) is 0 Å². The zero-order valence-electron chi connectivity index (χ0n) is 16.2. The molecule has 0 spiro atoms. The van der Waals surface area contributed by atoms with Gasteiger partial charge in [0.25, 0.3) is 5.91 Å². The molecule has 1 amide bonds. The van der Waals surface area contributed by atoms with Gasteiger partial charge >= 0.3 is 0 Å². The molecule has 1 fully saturated rings. The fourth-order valence-electron chi connectivity index (χ4n) is 4.88. The van der Waals surface area contributed by atoms with Crippen LogP contribution in [-0.2, 0) is 4.74 Å². The van der Waals surface area contributed by atoms with Gasteiger partial charge in [0.15, 0.2) is 0 Å². The van der Waals surface area contributed by atoms with Crippen LogP contribution in [0, 0.1) is 5.92 Å². The van der Waals surface area contributed by atoms with Gasteiger partial charge in [0, 0.05) is 35.3 Å². The first-order chi connectivity index (χ1) is 14.2. The number of ether oxygens (including phenoxy) is 1. The monoisotopic (exact) mass is 408 g/mol. The second-order valence-corrected chi connectivity index (χ2v) is 8.61. The Balaban J connectivity index is 1.39. The van der Waals surface area contributed by atoms with E-state index in [1.165, 1.54) is 11.1 Å². The Morgan fingerprint density at radius 3 is 3.00 bits per heavy atom. The zero-order chi connectivity index (χ0) is 19.8. The largest absolute Gasteiger partial charge is 0.378 e. The maximum absolute atomic E-state index is 12.7. The van der Waals surface area contributed by atoms with Gasteiger partial charge in [0.05, 0.1) is 12.1 Å². The van der Waals surface area contributed by atoms with E-state index in [1.807, 2.05) is 30.3 Å². The number of halogens is 1. The van der Waals surface area contributed by atoms with Crippen LogP contribution in [0.15, 0.2) is 54.6 Å². The number of hydrogen-bond acceptors (Lipinski definition) is 3. The molecule has 4 atom stereocenters. The summed E-state index contributed by atoms with van der Waals surface area (Å²) in [6, 6.07) is 14.3. The van der Waals surface area contributed by atoms with E-state index in [2.05, 4.69) is 34.9 Å². The molecule has 0 radical (unpaired) electrons. The normalized spacial score (nSPS) is 27.2. The van der Waals surface area contributed by atoms with E-state index in [9.17, 15) is 4.79 Å². The molecule has 3 aliphatic rings. The minimum absolute atomic E-state index is 0.0289. The van der Waals surface area contributed by atoms with Crippen molar-refractivity contribution in [2.45, 2.75) is 37.3 Å². The second kappa shape index (κ2) is 7.85. The molecule has 0 aromatic heterocycles. The molecular weight excluding hydrogens is 384 g/mol. The van der Waals surface area contributed by atoms with Crippen molar-refractivity contribution >= 4 is 23.2 Å². The molecule has 150 valence electrons. The minimum Gasteiger partial charge on any atom is -0.378 e. The highest BCUT2D eigenvalue weighted by Gasteiger charge is 2.38. The molecule has 0 bridgehead atoms. The van der Waals surface area contributed by atoms with Crippen LogP contribution in [-0.4, -0.2) is 25.2 Å². The molecule has 29 heavy (non-hydrogen) atoms. The summed E-state index contributed by atoms with van der Waals surface area (Å²) in [4.78, 5) is 12.7. The van der Waals surface area contributed by atoms with Crippen LogP contribution in [0.4, 0.5) is 5.69 Å². The highest BCUT2D eigenvalue weighted by Crippen LogP contribution is 2.50. The van der Waals surface area contributed by atoms with E-state index in [-0.39, 0.29) is 18.1 Å². The fraction of sp³-hybridized carbons (Fsp3) is 0.375. The highest BCUT2D eigenvalue weighted by molar-refractivity contribution is 6.30. The Morgan fingerprint density at radius 2 is 2.17 bits per heavy atom. The fourth-order valence-corrected chi connectivity index (χ4v) is 5.08. The molecule has 4 nitrogen and oxygen atoms in total. The van der Waals surface area contributed by atoms with E-state index >= 15 is 0 Å². The number of benzene rings is 2. The van der Waals surface area contributed by atoms with Gasteiger partial charge in [-0.15, -0.1) is 0 Å². The molecule has 2 aromatic rings. The van der Waals surface area contributed by atoms with Crippen LogP contribution in [0.25, 0.3) is 0 Å². The summed E-state index contributed by atoms with van der Waals surface area (Å²) in [5, 5.41) is 7.50. The molecule has 1 aliphatic carbocycles. The van der Waals surface area contributed by atoms with E-state index in [0.29, 0.717) is 23.9 Å². The van der Waals surface area contributed by atoms with E-state index in [0.717, 1.165) is 36.6 Å². The Kier molecular flexibility index (Phi) is 5.06. The zero-order valence-corrected chi connectivity index (χ0v) is 17.0. The average molecular weight is 409 g/mol. The van der Waals surface area contributed by atoms with Gasteiger partial charge in [-0.05, 0) is 66.6 Å². The van der Waals surface area contributed by atoms with Crippen LogP contribution in [0.2, 0.25) is 5.02 Å². The summed E-state index contributed by atoms with van der Waals surface area (Å²) in [5.41, 5.74) is 4.22. The highest BCUT2D eigenvalue weighted by atomic mass is 35.5. The number of amides is 1. The first-order valence-corrected chi connectivity index (χ1v) is 10.8. The molecule has 2 aromatic carbocycles. The summed E-state index contributed by atoms with van der Waals surface area (Å²) in [6.45, 7) is 1.38. The molecule has 0 saturated carbocycles. The number of carbonyl (C=O) groups is 1. The summed E-state index contributed by atoms with van der Waals surface area (Å²) < 4.78 is 5.61. The molecule has 5 rings (SSSR count). The van der Waals surface area contributed by atoms with Crippen molar-refractivity contribution in [2.75, 3.05) is 18.5 Å². The lowest BCUT2D eigenvalue weighted by molar-refractivity contribution is 0.0857. The van der Waals surface area contributed by atoms with Gasteiger partial charge in [-0.25, -0.2) is 0 Å². The lowest BCUT2D eigenvalue weighted by Crippen LogP contribution is -2.32. The molecule has 2 N–H and O–H groups in total. The van der Waals surface area contributed by atoms with Crippen molar-refractivity contribution in [3.05, 3.63) is 76.3 Å². The van der Waals surface area contributed by atoms with Crippen LogP contribution < -0.4 is 10.6 Å². The molecule has 1 saturated heterocycles. The van der Waals surface area contributed by atoms with Gasteiger partial charge in [-0.2, -0.15) is 0 Å². The van der Waals surface area contributed by atoms with Crippen molar-refractivity contribution in [3.63, 3.8) is 0 Å². The first-order valence-electron chi connectivity index (χ1n) is 10.4. The third-order valence-corrected chi connectivity index (χ3v) is 6.58. The average Bonchev–Trinajstić information content (AvgIpc) is 3.43. The van der Waals surface area contributed by atoms with Gasteiger partial charge < -0.3 is 15.4 Å². The maximum atomic E-state index is 12.7.